The molecule has 0 radical (unpaired) electrons. The van der Waals surface area contributed by atoms with Crippen LogP contribution in [0.1, 0.15) is 73.1 Å². The Bertz CT molecular complexity index is 658. The number of carbonyl (C=O) groups excluding carboxylic acids is 1. The van der Waals surface area contributed by atoms with Crippen molar-refractivity contribution in [2.75, 3.05) is 0 Å². The summed E-state index contributed by atoms with van der Waals surface area (Å²) in [4.78, 5) is 12.5. The van der Waals surface area contributed by atoms with Gasteiger partial charge in [-0.1, -0.05) is 32.9 Å². The molecule has 3 rings (SSSR count). The highest BCUT2D eigenvalue weighted by molar-refractivity contribution is 5.69. The van der Waals surface area contributed by atoms with Gasteiger partial charge >= 0.3 is 5.97 Å². The van der Waals surface area contributed by atoms with Crippen molar-refractivity contribution in [2.45, 2.75) is 109 Å². The molecule has 0 aromatic rings. The quantitative estimate of drug-likeness (QED) is 0.474. The smallest absolute Gasteiger partial charge is 0.306 e. The second kappa shape index (κ2) is 8.53. The number of carbonyl (C=O) groups is 1. The molecule has 1 saturated carbocycles. The van der Waals surface area contributed by atoms with E-state index in [9.17, 15) is 20.1 Å². The van der Waals surface area contributed by atoms with Gasteiger partial charge in [0.1, 0.15) is 23.4 Å². The van der Waals surface area contributed by atoms with Crippen molar-refractivity contribution in [3.05, 3.63) is 12.2 Å². The van der Waals surface area contributed by atoms with E-state index in [1.165, 1.54) is 6.92 Å². The molecule has 2 aliphatic heterocycles. The summed E-state index contributed by atoms with van der Waals surface area (Å²) in [7, 11) is 0. The third-order valence-corrected chi connectivity index (χ3v) is 7.94. The van der Waals surface area contributed by atoms with Crippen molar-refractivity contribution in [3.63, 3.8) is 0 Å². The van der Waals surface area contributed by atoms with E-state index in [-0.39, 0.29) is 24.2 Å². The highest BCUT2D eigenvalue weighted by atomic mass is 16.6. The largest absolute Gasteiger partial charge is 0.457 e. The molecule has 3 aliphatic rings. The fourth-order valence-electron chi connectivity index (χ4n) is 6.07. The van der Waals surface area contributed by atoms with Crippen LogP contribution in [0.15, 0.2) is 12.2 Å². The lowest BCUT2D eigenvalue weighted by molar-refractivity contribution is -0.191. The Morgan fingerprint density at radius 2 is 1.97 bits per heavy atom. The molecule has 3 fully saturated rings. The van der Waals surface area contributed by atoms with E-state index in [4.69, 9.17) is 9.47 Å². The van der Waals surface area contributed by atoms with Gasteiger partial charge in [0.05, 0.1) is 12.2 Å². The minimum atomic E-state index is -1.73. The maximum atomic E-state index is 12.5. The van der Waals surface area contributed by atoms with Gasteiger partial charge in [-0.3, -0.25) is 4.79 Å². The Balaban J connectivity index is 2.09. The first-order chi connectivity index (χ1) is 13.9. The van der Waals surface area contributed by atoms with E-state index < -0.39 is 35.6 Å². The average Bonchev–Trinajstić information content (AvgIpc) is 3.07. The maximum absolute atomic E-state index is 12.5. The van der Waals surface area contributed by atoms with E-state index in [0.29, 0.717) is 31.1 Å². The third-order valence-electron chi connectivity index (χ3n) is 7.94. The molecule has 0 amide bonds. The molecule has 6 nitrogen and oxygen atoms in total. The van der Waals surface area contributed by atoms with Crippen molar-refractivity contribution < 1.29 is 29.6 Å². The number of hydrogen-bond donors (Lipinski definition) is 3. The lowest BCUT2D eigenvalue weighted by Gasteiger charge is -2.46. The summed E-state index contributed by atoms with van der Waals surface area (Å²) in [6, 6.07) is 0. The number of aliphatic hydroxyl groups excluding tert-OH is 2. The number of esters is 1. The molecule has 2 bridgehead atoms. The molecule has 0 aromatic heterocycles. The fraction of sp³-hybridized carbons (Fsp3) is 0.875. The maximum Gasteiger partial charge on any atom is 0.306 e. The van der Waals surface area contributed by atoms with Crippen LogP contribution in [0.4, 0.5) is 0 Å². The van der Waals surface area contributed by atoms with Gasteiger partial charge in [-0.05, 0) is 57.8 Å². The molecule has 172 valence electrons. The van der Waals surface area contributed by atoms with E-state index >= 15 is 0 Å². The monoisotopic (exact) mass is 424 g/mol. The van der Waals surface area contributed by atoms with Gasteiger partial charge < -0.3 is 24.8 Å². The van der Waals surface area contributed by atoms with Crippen molar-refractivity contribution in [2.24, 2.45) is 23.7 Å². The number of rotatable bonds is 4. The Morgan fingerprint density at radius 3 is 2.57 bits per heavy atom. The zero-order chi connectivity index (χ0) is 22.4. The van der Waals surface area contributed by atoms with Gasteiger partial charge in [0.25, 0.3) is 0 Å². The van der Waals surface area contributed by atoms with Gasteiger partial charge in [-0.25, -0.2) is 0 Å². The molecule has 1 aliphatic carbocycles. The Kier molecular flexibility index (Phi) is 6.74. The second-order valence-corrected chi connectivity index (χ2v) is 10.5. The molecular weight excluding hydrogens is 384 g/mol. The second-order valence-electron chi connectivity index (χ2n) is 10.5. The van der Waals surface area contributed by atoms with Crippen molar-refractivity contribution >= 4 is 5.97 Å². The minimum absolute atomic E-state index is 0.0383. The van der Waals surface area contributed by atoms with E-state index in [1.54, 1.807) is 0 Å². The molecule has 2 saturated heterocycles. The number of ether oxygens (including phenoxy) is 2. The van der Waals surface area contributed by atoms with Crippen LogP contribution in [-0.4, -0.2) is 56.9 Å². The highest BCUT2D eigenvalue weighted by Gasteiger charge is 2.62. The van der Waals surface area contributed by atoms with Crippen LogP contribution in [0, 0.1) is 23.7 Å². The van der Waals surface area contributed by atoms with Crippen LogP contribution in [0.5, 0.6) is 0 Å². The van der Waals surface area contributed by atoms with Crippen LogP contribution >= 0.6 is 0 Å². The average molecular weight is 425 g/mol. The zero-order valence-electron chi connectivity index (χ0n) is 19.1. The highest BCUT2D eigenvalue weighted by Crippen LogP contribution is 2.56. The molecule has 3 N–H and O–H groups in total. The zero-order valence-corrected chi connectivity index (χ0v) is 19.1. The molecule has 0 spiro atoms. The summed E-state index contributed by atoms with van der Waals surface area (Å²) < 4.78 is 12.5. The molecular formula is C24H40O6. The molecule has 30 heavy (non-hydrogen) atoms. The lowest BCUT2D eigenvalue weighted by atomic mass is 9.60. The molecule has 2 heterocycles. The van der Waals surface area contributed by atoms with Crippen LogP contribution < -0.4 is 0 Å². The molecule has 0 unspecified atom stereocenters. The van der Waals surface area contributed by atoms with E-state index in [2.05, 4.69) is 20.4 Å². The summed E-state index contributed by atoms with van der Waals surface area (Å²) in [5, 5.41) is 32.9. The van der Waals surface area contributed by atoms with E-state index in [0.717, 1.165) is 18.4 Å². The molecule has 6 heteroatoms. The summed E-state index contributed by atoms with van der Waals surface area (Å²) in [5.41, 5.74) is -1.67. The van der Waals surface area contributed by atoms with E-state index in [1.807, 2.05) is 13.8 Å². The van der Waals surface area contributed by atoms with Crippen molar-refractivity contribution in [1.82, 2.24) is 0 Å². The predicted molar refractivity (Wildman–Crippen MR) is 114 cm³/mol. The number of fused-ring (bicyclic) bond motifs is 5. The summed E-state index contributed by atoms with van der Waals surface area (Å²) in [6.07, 6.45) is -0.133. The molecule has 0 aromatic carbocycles. The van der Waals surface area contributed by atoms with Crippen LogP contribution in [0.2, 0.25) is 0 Å². The Morgan fingerprint density at radius 1 is 1.30 bits per heavy atom. The molecule has 9 atom stereocenters. The Hall–Kier alpha value is -0.950. The van der Waals surface area contributed by atoms with Crippen LogP contribution in [0.25, 0.3) is 0 Å². The van der Waals surface area contributed by atoms with Crippen molar-refractivity contribution in [3.8, 4) is 0 Å². The standard InChI is InChI=1S/C24H40O6/c1-7-8-17(26)30-23(5)12-11-16(25)24(6,28)21(27)20-18-14(4)9-10-15(13(2)3)19(18)22(23)29-20/h13,15-16,18-22,25,27-28H,4,7-12H2,1-3,5-6H3/t15-,16-,18+,19-,20+,21+,22-,23-,24-/m1/s1. The minimum Gasteiger partial charge on any atom is -0.457 e. The van der Waals surface area contributed by atoms with Gasteiger partial charge in [-0.2, -0.15) is 0 Å². The summed E-state index contributed by atoms with van der Waals surface area (Å²) >= 11 is 0. The summed E-state index contributed by atoms with van der Waals surface area (Å²) in [5.74, 6) is 0.349. The number of aliphatic hydroxyl groups is 3. The SMILES string of the molecule is C=C1CC[C@H](C(C)C)[C@@H]2[C@H]1[C@@H]1O[C@H]2[C@](C)(OC(=O)CCC)CC[C@@H](O)[C@@](C)(O)[C@H]1O. The van der Waals surface area contributed by atoms with Gasteiger partial charge in [0.2, 0.25) is 0 Å². The van der Waals surface area contributed by atoms with Crippen LogP contribution in [-0.2, 0) is 14.3 Å². The number of hydrogen-bond acceptors (Lipinski definition) is 6. The van der Waals surface area contributed by atoms with Gasteiger partial charge in [-0.15, -0.1) is 0 Å². The first-order valence-electron chi connectivity index (χ1n) is 11.6. The normalized spacial score (nSPS) is 46.7. The van der Waals surface area contributed by atoms with Crippen LogP contribution in [0.3, 0.4) is 0 Å². The van der Waals surface area contributed by atoms with Crippen molar-refractivity contribution in [1.29, 1.82) is 0 Å². The summed E-state index contributed by atoms with van der Waals surface area (Å²) in [6.45, 7) is 14.0. The predicted octanol–water partition coefficient (Wildman–Crippen LogP) is 2.98. The fourth-order valence-corrected chi connectivity index (χ4v) is 6.07. The Labute approximate surface area is 180 Å². The lowest BCUT2D eigenvalue weighted by Crippen LogP contribution is -2.57. The van der Waals surface area contributed by atoms with Gasteiger partial charge in [0.15, 0.2) is 0 Å². The van der Waals surface area contributed by atoms with Gasteiger partial charge in [0, 0.05) is 18.3 Å². The third kappa shape index (κ3) is 3.96. The topological polar surface area (TPSA) is 96.2 Å². The first-order valence-corrected chi connectivity index (χ1v) is 11.6. The first kappa shape index (κ1) is 23.7.